The number of rotatable bonds is 18. The number of unbranched alkanes of at least 4 members (excludes halogenated alkanes) is 14. The Morgan fingerprint density at radius 1 is 0.571 bits per heavy atom. The van der Waals surface area contributed by atoms with Crippen molar-refractivity contribution in [2.45, 2.75) is 134 Å². The molecule has 0 radical (unpaired) electrons. The van der Waals surface area contributed by atoms with Gasteiger partial charge in [-0.25, -0.2) is 8.42 Å². The van der Waals surface area contributed by atoms with Crippen molar-refractivity contribution >= 4 is 10.1 Å². The topological polar surface area (TPSA) is 57.2 Å². The van der Waals surface area contributed by atoms with Gasteiger partial charge in [-0.3, -0.25) is 0 Å². The number of alkyl halides is 3. The standard InChI is InChI=1S/C21H41F3O3S/c1-20(2,28(25,26)27)18-16-14-12-10-8-6-4-3-5-7-9-11-13-15-17-19-21(22,23)24/h3-19H2,1-2H3,(H,25,26,27)/p-1. The van der Waals surface area contributed by atoms with Crippen molar-refractivity contribution in [1.29, 1.82) is 0 Å². The van der Waals surface area contributed by atoms with Crippen LogP contribution >= 0.6 is 0 Å². The number of halogens is 3. The van der Waals surface area contributed by atoms with Crippen molar-refractivity contribution in [2.75, 3.05) is 0 Å². The van der Waals surface area contributed by atoms with Crippen LogP contribution in [0.15, 0.2) is 0 Å². The molecule has 7 heteroatoms. The molecular weight excluding hydrogens is 389 g/mol. The summed E-state index contributed by atoms with van der Waals surface area (Å²) in [5.74, 6) is 0. The Labute approximate surface area is 170 Å². The summed E-state index contributed by atoms with van der Waals surface area (Å²) < 4.78 is 68.1. The highest BCUT2D eigenvalue weighted by Gasteiger charge is 2.26. The van der Waals surface area contributed by atoms with Gasteiger partial charge in [0.1, 0.15) is 0 Å². The van der Waals surface area contributed by atoms with Gasteiger partial charge in [0.05, 0.1) is 14.9 Å². The largest absolute Gasteiger partial charge is 0.748 e. The second-order valence-electron chi connectivity index (χ2n) is 8.63. The van der Waals surface area contributed by atoms with Crippen molar-refractivity contribution in [1.82, 2.24) is 0 Å². The lowest BCUT2D eigenvalue weighted by molar-refractivity contribution is -0.135. The molecule has 0 rings (SSSR count). The maximum atomic E-state index is 12.0. The minimum absolute atomic E-state index is 0.263. The summed E-state index contributed by atoms with van der Waals surface area (Å²) in [6.07, 6.45) is 11.1. The van der Waals surface area contributed by atoms with Crippen LogP contribution in [0.25, 0.3) is 0 Å². The first-order chi connectivity index (χ1) is 13.0. The molecule has 0 fully saturated rings. The van der Waals surface area contributed by atoms with Crippen LogP contribution < -0.4 is 0 Å². The molecule has 0 bridgehead atoms. The third-order valence-corrected chi connectivity index (χ3v) is 6.97. The fourth-order valence-corrected chi connectivity index (χ4v) is 3.69. The summed E-state index contributed by atoms with van der Waals surface area (Å²) in [4.78, 5) is 0. The van der Waals surface area contributed by atoms with Gasteiger partial charge in [0.2, 0.25) is 0 Å². The van der Waals surface area contributed by atoms with Crippen molar-refractivity contribution in [3.63, 3.8) is 0 Å². The summed E-state index contributed by atoms with van der Waals surface area (Å²) in [6.45, 7) is 3.01. The van der Waals surface area contributed by atoms with Gasteiger partial charge in [0.25, 0.3) is 0 Å². The first-order valence-electron chi connectivity index (χ1n) is 11.0. The third-order valence-electron chi connectivity index (χ3n) is 5.42. The average molecular weight is 430 g/mol. The van der Waals surface area contributed by atoms with Gasteiger partial charge in [-0.2, -0.15) is 13.2 Å². The average Bonchev–Trinajstić information content (AvgIpc) is 2.55. The molecule has 0 unspecified atom stereocenters. The van der Waals surface area contributed by atoms with E-state index in [2.05, 4.69) is 0 Å². The van der Waals surface area contributed by atoms with E-state index in [9.17, 15) is 26.1 Å². The first kappa shape index (κ1) is 27.7. The lowest BCUT2D eigenvalue weighted by Crippen LogP contribution is -2.31. The molecule has 0 saturated heterocycles. The van der Waals surface area contributed by atoms with Crippen LogP contribution in [0.4, 0.5) is 13.2 Å². The van der Waals surface area contributed by atoms with Crippen LogP contribution in [-0.4, -0.2) is 23.9 Å². The quantitative estimate of drug-likeness (QED) is 0.167. The van der Waals surface area contributed by atoms with Gasteiger partial charge in [-0.15, -0.1) is 0 Å². The summed E-state index contributed by atoms with van der Waals surface area (Å²) in [5, 5.41) is 0. The molecule has 170 valence electrons. The van der Waals surface area contributed by atoms with E-state index in [1.165, 1.54) is 52.4 Å². The zero-order valence-corrected chi connectivity index (χ0v) is 18.6. The molecule has 0 amide bonds. The maximum Gasteiger partial charge on any atom is 0.389 e. The second-order valence-corrected chi connectivity index (χ2v) is 10.6. The second kappa shape index (κ2) is 14.6. The van der Waals surface area contributed by atoms with Gasteiger partial charge in [0, 0.05) is 6.42 Å². The Morgan fingerprint density at radius 3 is 1.07 bits per heavy atom. The van der Waals surface area contributed by atoms with Gasteiger partial charge in [0.15, 0.2) is 0 Å². The summed E-state index contributed by atoms with van der Waals surface area (Å²) in [6, 6.07) is 0. The lowest BCUT2D eigenvalue weighted by atomic mass is 10.0. The molecule has 0 saturated carbocycles. The molecule has 0 aromatic heterocycles. The molecule has 3 nitrogen and oxygen atoms in total. The normalized spacial score (nSPS) is 13.2. The predicted octanol–water partition coefficient (Wildman–Crippen LogP) is 7.50. The van der Waals surface area contributed by atoms with Gasteiger partial charge < -0.3 is 4.55 Å². The predicted molar refractivity (Wildman–Crippen MR) is 108 cm³/mol. The van der Waals surface area contributed by atoms with E-state index in [0.29, 0.717) is 12.8 Å². The molecule has 0 atom stereocenters. The van der Waals surface area contributed by atoms with Crippen molar-refractivity contribution in [3.8, 4) is 0 Å². The molecule has 28 heavy (non-hydrogen) atoms. The Morgan fingerprint density at radius 2 is 0.821 bits per heavy atom. The Bertz CT molecular complexity index is 474. The van der Waals surface area contributed by atoms with Crippen LogP contribution in [0, 0.1) is 0 Å². The van der Waals surface area contributed by atoms with Crippen LogP contribution in [0.1, 0.15) is 123 Å². The zero-order valence-electron chi connectivity index (χ0n) is 17.8. The summed E-state index contributed by atoms with van der Waals surface area (Å²) in [5.41, 5.74) is 0. The van der Waals surface area contributed by atoms with Crippen LogP contribution in [0.5, 0.6) is 0 Å². The van der Waals surface area contributed by atoms with Crippen LogP contribution in [-0.2, 0) is 10.1 Å². The SMILES string of the molecule is CC(C)(CCCCCCCCCCCCCCCCCC(F)(F)F)S(=O)(=O)[O-]. The fourth-order valence-electron chi connectivity index (χ4n) is 3.30. The lowest BCUT2D eigenvalue weighted by Gasteiger charge is -2.27. The van der Waals surface area contributed by atoms with Gasteiger partial charge in [-0.1, -0.05) is 89.9 Å². The van der Waals surface area contributed by atoms with Gasteiger partial charge in [-0.05, 0) is 26.7 Å². The van der Waals surface area contributed by atoms with E-state index < -0.39 is 27.5 Å². The molecule has 0 aliphatic heterocycles. The van der Waals surface area contributed by atoms with E-state index in [4.69, 9.17) is 0 Å². The third kappa shape index (κ3) is 16.6. The monoisotopic (exact) mass is 429 g/mol. The number of hydrogen-bond acceptors (Lipinski definition) is 3. The highest BCUT2D eigenvalue weighted by atomic mass is 32.2. The maximum absolute atomic E-state index is 12.0. The van der Waals surface area contributed by atoms with Crippen LogP contribution in [0.2, 0.25) is 0 Å². The Kier molecular flexibility index (Phi) is 14.5. The first-order valence-corrected chi connectivity index (χ1v) is 12.4. The van der Waals surface area contributed by atoms with Crippen molar-refractivity contribution in [3.05, 3.63) is 0 Å². The highest BCUT2D eigenvalue weighted by molar-refractivity contribution is 7.87. The molecule has 0 aromatic carbocycles. The number of hydrogen-bond donors (Lipinski definition) is 0. The molecule has 0 N–H and O–H groups in total. The van der Waals surface area contributed by atoms with Crippen molar-refractivity contribution in [2.24, 2.45) is 0 Å². The smallest absolute Gasteiger partial charge is 0.389 e. The minimum Gasteiger partial charge on any atom is -0.748 e. The van der Waals surface area contributed by atoms with Crippen molar-refractivity contribution < 1.29 is 26.1 Å². The molecule has 0 spiro atoms. The molecule has 0 heterocycles. The van der Waals surface area contributed by atoms with E-state index in [-0.39, 0.29) is 6.42 Å². The minimum atomic E-state index is -4.22. The summed E-state index contributed by atoms with van der Waals surface area (Å²) in [7, 11) is -4.22. The van der Waals surface area contributed by atoms with Gasteiger partial charge >= 0.3 is 6.18 Å². The van der Waals surface area contributed by atoms with E-state index in [0.717, 1.165) is 44.9 Å². The highest BCUT2D eigenvalue weighted by Crippen LogP contribution is 2.24. The van der Waals surface area contributed by atoms with Crippen LogP contribution in [0.3, 0.4) is 0 Å². The zero-order chi connectivity index (χ0) is 21.5. The molecule has 0 aliphatic rings. The van der Waals surface area contributed by atoms with E-state index in [1.807, 2.05) is 0 Å². The summed E-state index contributed by atoms with van der Waals surface area (Å²) >= 11 is 0. The fraction of sp³-hybridized carbons (Fsp3) is 1.00. The molecule has 0 aromatic rings. The Balaban J connectivity index is 3.26. The molecule has 0 aliphatic carbocycles. The molecular formula is C21H40F3O3S-. The van der Waals surface area contributed by atoms with E-state index in [1.54, 1.807) is 0 Å². The Hall–Kier alpha value is -0.300. The van der Waals surface area contributed by atoms with E-state index >= 15 is 0 Å².